The zero-order valence-electron chi connectivity index (χ0n) is 38.3. The van der Waals surface area contributed by atoms with Gasteiger partial charge in [0.25, 0.3) is 0 Å². The number of nitrogens with zero attached hydrogens (tertiary/aromatic N) is 2. The van der Waals surface area contributed by atoms with E-state index in [0.29, 0.717) is 23.0 Å². The Morgan fingerprint density at radius 2 is 0.972 bits per heavy atom. The van der Waals surface area contributed by atoms with Crippen molar-refractivity contribution >= 4 is 92.7 Å². The number of para-hydroxylation sites is 5. The first kappa shape index (κ1) is 40.9. The molecule has 6 heteroatoms. The Morgan fingerprint density at radius 1 is 0.352 bits per heavy atom. The quantitative estimate of drug-likeness (QED) is 0.144. The van der Waals surface area contributed by atoms with Crippen LogP contribution in [0.2, 0.25) is 0 Å². The summed E-state index contributed by atoms with van der Waals surface area (Å²) in [5, 5.41) is 7.04. The molecule has 0 spiro atoms. The molecule has 5 nitrogen and oxygen atoms in total. The summed E-state index contributed by atoms with van der Waals surface area (Å²) < 4.78 is 21.5. The van der Waals surface area contributed by atoms with Gasteiger partial charge in [0, 0.05) is 66.3 Å². The van der Waals surface area contributed by atoms with Crippen LogP contribution in [0.3, 0.4) is 0 Å². The minimum atomic E-state index is 0.669. The molecule has 0 bridgehead atoms. The van der Waals surface area contributed by atoms with Crippen LogP contribution in [-0.2, 0) is 6.54 Å². The molecule has 0 atom stereocenters. The highest BCUT2D eigenvalue weighted by Gasteiger charge is 2.24. The number of rotatable bonds is 9. The third-order valence-electron chi connectivity index (χ3n) is 13.7. The van der Waals surface area contributed by atoms with Crippen LogP contribution in [0.4, 0.5) is 28.4 Å². The molecule has 3 heterocycles. The van der Waals surface area contributed by atoms with E-state index in [1.807, 2.05) is 53.8 Å². The molecule has 11 aromatic carbocycles. The summed E-state index contributed by atoms with van der Waals surface area (Å²) in [6, 6.07) is 86.3. The van der Waals surface area contributed by atoms with Crippen LogP contribution < -0.4 is 19.3 Å². The smallest absolute Gasteiger partial charge is 0.172 e. The van der Waals surface area contributed by atoms with Crippen LogP contribution >= 0.6 is 11.3 Å². The van der Waals surface area contributed by atoms with Crippen LogP contribution in [0.25, 0.3) is 75.1 Å². The third-order valence-corrected chi connectivity index (χ3v) is 14.8. The molecule has 336 valence electrons. The minimum Gasteiger partial charge on any atom is -0.456 e. The van der Waals surface area contributed by atoms with E-state index < -0.39 is 0 Å². The van der Waals surface area contributed by atoms with Crippen molar-refractivity contribution in [3.8, 4) is 45.3 Å². The van der Waals surface area contributed by atoms with Crippen LogP contribution in [0.5, 0.6) is 23.0 Å². The molecule has 0 aliphatic carbocycles. The second-order valence-corrected chi connectivity index (χ2v) is 19.2. The zero-order valence-corrected chi connectivity index (χ0v) is 39.1. The van der Waals surface area contributed by atoms with Gasteiger partial charge < -0.3 is 23.7 Å². The fourth-order valence-corrected chi connectivity index (χ4v) is 11.4. The summed E-state index contributed by atoms with van der Waals surface area (Å²) in [6.45, 7) is 0.757. The maximum absolute atomic E-state index is 6.49. The monoisotopic (exact) mass is 930 g/mol. The molecule has 71 heavy (non-hydrogen) atoms. The van der Waals surface area contributed by atoms with Crippen molar-refractivity contribution in [2.75, 3.05) is 9.80 Å². The van der Waals surface area contributed by atoms with Crippen molar-refractivity contribution < 1.29 is 13.9 Å². The van der Waals surface area contributed by atoms with Gasteiger partial charge in [-0.25, -0.2) is 0 Å². The average molecular weight is 931 g/mol. The summed E-state index contributed by atoms with van der Waals surface area (Å²) in [5.41, 5.74) is 13.0. The van der Waals surface area contributed by atoms with Crippen molar-refractivity contribution in [3.63, 3.8) is 0 Å². The van der Waals surface area contributed by atoms with Gasteiger partial charge in [0.2, 0.25) is 0 Å². The Balaban J connectivity index is 0.943. The normalized spacial score (nSPS) is 11.9. The van der Waals surface area contributed by atoms with Crippen LogP contribution in [-0.4, -0.2) is 0 Å². The van der Waals surface area contributed by atoms with Gasteiger partial charge in [0.05, 0.1) is 5.69 Å². The highest BCUT2D eigenvalue weighted by molar-refractivity contribution is 7.26. The molecule has 2 aromatic heterocycles. The Bertz CT molecular complexity index is 4170. The van der Waals surface area contributed by atoms with E-state index in [9.17, 15) is 0 Å². The Labute approximate surface area is 414 Å². The number of hydrogen-bond acceptors (Lipinski definition) is 6. The van der Waals surface area contributed by atoms with Crippen molar-refractivity contribution in [2.24, 2.45) is 0 Å². The van der Waals surface area contributed by atoms with Crippen LogP contribution in [0.15, 0.2) is 247 Å². The number of ether oxygens (including phenoxy) is 2. The molecule has 0 saturated carbocycles. The van der Waals surface area contributed by atoms with E-state index in [2.05, 4.69) is 210 Å². The lowest BCUT2D eigenvalue weighted by molar-refractivity contribution is 0.360. The number of benzene rings is 11. The molecule has 0 amide bonds. The molecule has 0 fully saturated rings. The number of fused-ring (bicyclic) bond motifs is 9. The van der Waals surface area contributed by atoms with E-state index in [-0.39, 0.29) is 0 Å². The SMILES string of the molecule is c1ccc(CN(c2ccccc2)c2ccc3cc(-c4cc(N(c5ccccc5)c5ccc6c(c5)Oc5ccccc5O6)cc5sc6ccc(-c7ccc8oc9ccccc9c8c7)cc6c45)ccc3c2)cc1. The van der Waals surface area contributed by atoms with Crippen molar-refractivity contribution in [2.45, 2.75) is 6.54 Å². The summed E-state index contributed by atoms with van der Waals surface area (Å²) in [4.78, 5) is 4.72. The fourth-order valence-electron chi connectivity index (χ4n) is 10.3. The van der Waals surface area contributed by atoms with Crippen LogP contribution in [0.1, 0.15) is 5.56 Å². The number of anilines is 5. The van der Waals surface area contributed by atoms with Crippen molar-refractivity contribution in [3.05, 3.63) is 248 Å². The van der Waals surface area contributed by atoms with E-state index in [4.69, 9.17) is 13.9 Å². The molecular formula is C65H42N2O3S. The van der Waals surface area contributed by atoms with Gasteiger partial charge in [-0.15, -0.1) is 11.3 Å². The van der Waals surface area contributed by atoms with Gasteiger partial charge in [0.1, 0.15) is 11.2 Å². The topological polar surface area (TPSA) is 38.1 Å². The predicted octanol–water partition coefficient (Wildman–Crippen LogP) is 19.1. The van der Waals surface area contributed by atoms with E-state index in [0.717, 1.165) is 79.2 Å². The Hall–Kier alpha value is -9.10. The molecule has 0 N–H and O–H groups in total. The van der Waals surface area contributed by atoms with E-state index >= 15 is 0 Å². The summed E-state index contributed by atoms with van der Waals surface area (Å²) in [5.74, 6) is 2.76. The van der Waals surface area contributed by atoms with E-state index in [1.54, 1.807) is 0 Å². The predicted molar refractivity (Wildman–Crippen MR) is 295 cm³/mol. The largest absolute Gasteiger partial charge is 0.456 e. The molecule has 0 radical (unpaired) electrons. The Kier molecular flexibility index (Phi) is 9.71. The first-order valence-electron chi connectivity index (χ1n) is 23.9. The molecule has 0 saturated heterocycles. The third kappa shape index (κ3) is 7.32. The maximum Gasteiger partial charge on any atom is 0.172 e. The lowest BCUT2D eigenvalue weighted by Crippen LogP contribution is -2.16. The van der Waals surface area contributed by atoms with Crippen molar-refractivity contribution in [1.29, 1.82) is 0 Å². The van der Waals surface area contributed by atoms with Gasteiger partial charge in [-0.1, -0.05) is 127 Å². The highest BCUT2D eigenvalue weighted by atomic mass is 32.1. The number of hydrogen-bond donors (Lipinski definition) is 0. The standard InChI is InChI=1S/C65H42N2O3S/c1-4-14-42(15-5-1)41-66(48-16-6-2-7-17-48)50-29-26-43-34-47(25-24-44(43)35-50)54-38-52(67(49-18-8-3-9-19-49)51-30-32-61-62(39-51)70-60-23-13-12-22-59(60)69-61)40-64-65(54)56-37-46(28-33-63(56)71-64)45-27-31-58-55(36-45)53-20-10-11-21-57(53)68-58/h1-40H,41H2. The van der Waals surface area contributed by atoms with Gasteiger partial charge in [-0.05, 0) is 148 Å². The summed E-state index contributed by atoms with van der Waals surface area (Å²) in [6.07, 6.45) is 0. The Morgan fingerprint density at radius 3 is 1.79 bits per heavy atom. The summed E-state index contributed by atoms with van der Waals surface area (Å²) >= 11 is 1.83. The molecule has 1 aliphatic heterocycles. The van der Waals surface area contributed by atoms with Gasteiger partial charge in [-0.3, -0.25) is 0 Å². The molecular weight excluding hydrogens is 889 g/mol. The van der Waals surface area contributed by atoms with E-state index in [1.165, 1.54) is 36.5 Å². The maximum atomic E-state index is 6.49. The number of furan rings is 1. The minimum absolute atomic E-state index is 0.669. The summed E-state index contributed by atoms with van der Waals surface area (Å²) in [7, 11) is 0. The fraction of sp³-hybridized carbons (Fsp3) is 0.0154. The molecule has 13 aromatic rings. The molecule has 0 unspecified atom stereocenters. The highest BCUT2D eigenvalue weighted by Crippen LogP contribution is 2.50. The molecule has 1 aliphatic rings. The lowest BCUT2D eigenvalue weighted by atomic mass is 9.94. The van der Waals surface area contributed by atoms with Gasteiger partial charge in [-0.2, -0.15) is 0 Å². The average Bonchev–Trinajstić information content (AvgIpc) is 4.00. The lowest BCUT2D eigenvalue weighted by Gasteiger charge is -2.28. The second kappa shape index (κ2) is 16.8. The van der Waals surface area contributed by atoms with Crippen LogP contribution in [0, 0.1) is 0 Å². The van der Waals surface area contributed by atoms with Gasteiger partial charge >= 0.3 is 0 Å². The van der Waals surface area contributed by atoms with Crippen molar-refractivity contribution in [1.82, 2.24) is 0 Å². The number of thiophene rings is 1. The van der Waals surface area contributed by atoms with Gasteiger partial charge in [0.15, 0.2) is 23.0 Å². The first-order chi connectivity index (χ1) is 35.1. The molecule has 14 rings (SSSR count). The first-order valence-corrected chi connectivity index (χ1v) is 24.7. The zero-order chi connectivity index (χ0) is 46.8. The second-order valence-electron chi connectivity index (χ2n) is 18.1.